The standard InChI is InChI=1S/C27H33Cl2N5O6/c1-6-40-26(37)23-19(14-39-13-16-12-20(35)34(27(30)32-16)11-10-33(3)4)31-15(2)21(25(36)38-5)22(23)17-8-7-9-18(28)24(17)29/h7-9,12,22,31H,6,10-11,13-14H2,1-5H3,(H2,30,32). The van der Waals surface area contributed by atoms with Crippen molar-refractivity contribution in [2.24, 2.45) is 0 Å². The van der Waals surface area contributed by atoms with Crippen molar-refractivity contribution in [2.75, 3.05) is 46.7 Å². The van der Waals surface area contributed by atoms with E-state index in [2.05, 4.69) is 10.3 Å². The zero-order chi connectivity index (χ0) is 29.6. The lowest BCUT2D eigenvalue weighted by atomic mass is 9.80. The average Bonchev–Trinajstić information content (AvgIpc) is 2.89. The number of likely N-dealkylation sites (N-methyl/N-ethyl adjacent to an activating group) is 1. The van der Waals surface area contributed by atoms with Crippen molar-refractivity contribution >= 4 is 41.1 Å². The molecule has 0 spiro atoms. The molecule has 0 amide bonds. The molecule has 1 aliphatic heterocycles. The third kappa shape index (κ3) is 7.03. The van der Waals surface area contributed by atoms with Gasteiger partial charge in [-0.2, -0.15) is 0 Å². The van der Waals surface area contributed by atoms with Gasteiger partial charge in [-0.15, -0.1) is 0 Å². The summed E-state index contributed by atoms with van der Waals surface area (Å²) in [5, 5.41) is 3.53. The second-order valence-electron chi connectivity index (χ2n) is 9.24. The Balaban J connectivity index is 1.99. The van der Waals surface area contributed by atoms with Crippen molar-refractivity contribution in [3.8, 4) is 0 Å². The lowest BCUT2D eigenvalue weighted by Gasteiger charge is -2.31. The van der Waals surface area contributed by atoms with E-state index in [9.17, 15) is 14.4 Å². The molecule has 40 heavy (non-hydrogen) atoms. The zero-order valence-corrected chi connectivity index (χ0v) is 24.6. The number of rotatable bonds is 11. The highest BCUT2D eigenvalue weighted by Gasteiger charge is 2.40. The third-order valence-corrected chi connectivity index (χ3v) is 7.03. The molecule has 0 saturated carbocycles. The first-order valence-corrected chi connectivity index (χ1v) is 13.2. The number of nitrogens with one attached hydrogen (secondary N) is 1. The Hall–Kier alpha value is -3.38. The van der Waals surface area contributed by atoms with Gasteiger partial charge >= 0.3 is 11.9 Å². The summed E-state index contributed by atoms with van der Waals surface area (Å²) in [6, 6.07) is 6.31. The van der Waals surface area contributed by atoms with Crippen LogP contribution in [0.25, 0.3) is 0 Å². The third-order valence-electron chi connectivity index (χ3n) is 6.20. The number of nitrogen functional groups attached to an aromatic ring is 1. The summed E-state index contributed by atoms with van der Waals surface area (Å²) < 4.78 is 17.7. The molecule has 1 unspecified atom stereocenters. The van der Waals surface area contributed by atoms with E-state index in [1.165, 1.54) is 17.7 Å². The fraction of sp³-hybridized carbons (Fsp3) is 0.407. The minimum Gasteiger partial charge on any atom is -0.466 e. The van der Waals surface area contributed by atoms with Crippen LogP contribution >= 0.6 is 23.2 Å². The fourth-order valence-corrected chi connectivity index (χ4v) is 4.74. The number of benzene rings is 1. The van der Waals surface area contributed by atoms with Crippen molar-refractivity contribution in [3.63, 3.8) is 0 Å². The van der Waals surface area contributed by atoms with Crippen LogP contribution in [-0.2, 0) is 37.0 Å². The molecule has 13 heteroatoms. The quantitative estimate of drug-likeness (QED) is 0.374. The Morgan fingerprint density at radius 1 is 1.18 bits per heavy atom. The van der Waals surface area contributed by atoms with Crippen molar-refractivity contribution < 1.29 is 23.8 Å². The number of dihydropyridines is 1. The molecule has 3 N–H and O–H groups in total. The van der Waals surface area contributed by atoms with Gasteiger partial charge in [0.05, 0.1) is 65.4 Å². The van der Waals surface area contributed by atoms with Gasteiger partial charge in [0.15, 0.2) is 0 Å². The van der Waals surface area contributed by atoms with E-state index in [-0.39, 0.29) is 52.5 Å². The van der Waals surface area contributed by atoms with E-state index in [1.807, 2.05) is 19.0 Å². The van der Waals surface area contributed by atoms with Crippen molar-refractivity contribution in [2.45, 2.75) is 32.9 Å². The number of hydrogen-bond donors (Lipinski definition) is 2. The molecule has 11 nitrogen and oxygen atoms in total. The number of methoxy groups -OCH3 is 1. The van der Waals surface area contributed by atoms with Gasteiger partial charge in [0.1, 0.15) is 0 Å². The highest BCUT2D eigenvalue weighted by Crippen LogP contribution is 2.43. The maximum atomic E-state index is 13.3. The molecule has 1 aromatic heterocycles. The van der Waals surface area contributed by atoms with Gasteiger partial charge in [-0.1, -0.05) is 35.3 Å². The summed E-state index contributed by atoms with van der Waals surface area (Å²) in [5.74, 6) is -2.20. The minimum atomic E-state index is -0.952. The van der Waals surface area contributed by atoms with E-state index in [4.69, 9.17) is 43.1 Å². The highest BCUT2D eigenvalue weighted by molar-refractivity contribution is 6.42. The topological polar surface area (TPSA) is 138 Å². The lowest BCUT2D eigenvalue weighted by molar-refractivity contribution is -0.139. The number of carbonyl (C=O) groups excluding carboxylic acids is 2. The van der Waals surface area contributed by atoms with E-state index >= 15 is 0 Å². The largest absolute Gasteiger partial charge is 0.466 e. The normalized spacial score (nSPS) is 15.3. The Kier molecular flexibility index (Phi) is 10.7. The second kappa shape index (κ2) is 13.8. The number of halogens is 2. The van der Waals surface area contributed by atoms with Crippen LogP contribution in [0.15, 0.2) is 51.6 Å². The van der Waals surface area contributed by atoms with Crippen LogP contribution < -0.4 is 16.6 Å². The predicted molar refractivity (Wildman–Crippen MR) is 152 cm³/mol. The Morgan fingerprint density at radius 2 is 1.90 bits per heavy atom. The number of ether oxygens (including phenoxy) is 3. The summed E-state index contributed by atoms with van der Waals surface area (Å²) in [7, 11) is 5.04. The van der Waals surface area contributed by atoms with Gasteiger partial charge in [0.2, 0.25) is 5.95 Å². The Labute approximate surface area is 242 Å². The Bertz CT molecular complexity index is 1400. The molecule has 1 aliphatic rings. The maximum Gasteiger partial charge on any atom is 0.336 e. The van der Waals surface area contributed by atoms with Crippen LogP contribution in [0.4, 0.5) is 5.95 Å². The number of esters is 2. The van der Waals surface area contributed by atoms with Gasteiger partial charge in [0, 0.05) is 24.9 Å². The van der Waals surface area contributed by atoms with E-state index < -0.39 is 17.9 Å². The van der Waals surface area contributed by atoms with Crippen LogP contribution in [0.2, 0.25) is 10.0 Å². The SMILES string of the molecule is CCOC(=O)C1=C(COCc2cc(=O)n(CCN(C)C)c(N)n2)NC(C)=C(C(=O)OC)C1c1cccc(Cl)c1Cl. The summed E-state index contributed by atoms with van der Waals surface area (Å²) >= 11 is 12.9. The van der Waals surface area contributed by atoms with Gasteiger partial charge in [-0.3, -0.25) is 9.36 Å². The highest BCUT2D eigenvalue weighted by atomic mass is 35.5. The molecular weight excluding hydrogens is 561 g/mol. The molecule has 0 aliphatic carbocycles. The molecular formula is C27H33Cl2N5O6. The molecule has 0 saturated heterocycles. The molecule has 2 aromatic rings. The van der Waals surface area contributed by atoms with E-state index in [1.54, 1.807) is 32.0 Å². The van der Waals surface area contributed by atoms with Crippen LogP contribution in [0.5, 0.6) is 0 Å². The predicted octanol–water partition coefficient (Wildman–Crippen LogP) is 2.86. The lowest BCUT2D eigenvalue weighted by Crippen LogP contribution is -2.35. The maximum absolute atomic E-state index is 13.3. The number of anilines is 1. The molecule has 0 radical (unpaired) electrons. The van der Waals surface area contributed by atoms with Crippen LogP contribution in [0, 0.1) is 0 Å². The number of hydrogen-bond acceptors (Lipinski definition) is 10. The van der Waals surface area contributed by atoms with Crippen LogP contribution in [0.3, 0.4) is 0 Å². The van der Waals surface area contributed by atoms with E-state index in [0.29, 0.717) is 35.7 Å². The van der Waals surface area contributed by atoms with Gasteiger partial charge in [0.25, 0.3) is 5.56 Å². The molecule has 1 atom stereocenters. The number of carbonyl (C=O) groups is 2. The summed E-state index contributed by atoms with van der Waals surface area (Å²) in [5.41, 5.74) is 7.55. The average molecular weight is 594 g/mol. The smallest absolute Gasteiger partial charge is 0.336 e. The van der Waals surface area contributed by atoms with Crippen molar-refractivity contribution in [1.82, 2.24) is 19.8 Å². The van der Waals surface area contributed by atoms with Crippen LogP contribution in [-0.4, -0.2) is 67.4 Å². The number of allylic oxidation sites excluding steroid dienone is 1. The van der Waals surface area contributed by atoms with E-state index in [0.717, 1.165) is 0 Å². The van der Waals surface area contributed by atoms with Gasteiger partial charge in [-0.25, -0.2) is 14.6 Å². The molecule has 216 valence electrons. The summed E-state index contributed by atoms with van der Waals surface area (Å²) in [6.45, 7) is 4.28. The first-order valence-electron chi connectivity index (χ1n) is 12.5. The monoisotopic (exact) mass is 593 g/mol. The van der Waals surface area contributed by atoms with Gasteiger partial charge in [-0.05, 0) is 39.6 Å². The molecule has 0 bridgehead atoms. The number of nitrogens with zero attached hydrogens (tertiary/aromatic N) is 3. The summed E-state index contributed by atoms with van der Waals surface area (Å²) in [6.07, 6.45) is 0. The molecule has 1 aromatic carbocycles. The first kappa shape index (κ1) is 31.2. The zero-order valence-electron chi connectivity index (χ0n) is 23.0. The van der Waals surface area contributed by atoms with Crippen molar-refractivity contribution in [1.29, 1.82) is 0 Å². The fourth-order valence-electron chi connectivity index (χ4n) is 4.32. The first-order chi connectivity index (χ1) is 19.0. The number of aromatic nitrogens is 2. The Morgan fingerprint density at radius 3 is 2.52 bits per heavy atom. The van der Waals surface area contributed by atoms with Gasteiger partial charge < -0.3 is 30.2 Å². The molecule has 3 rings (SSSR count). The number of nitrogens with two attached hydrogens (primary N) is 1. The molecule has 2 heterocycles. The van der Waals surface area contributed by atoms with Crippen molar-refractivity contribution in [3.05, 3.63) is 78.5 Å². The van der Waals surface area contributed by atoms with Crippen LogP contribution in [0.1, 0.15) is 31.0 Å². The second-order valence-corrected chi connectivity index (χ2v) is 10.0. The molecule has 0 fully saturated rings. The minimum absolute atomic E-state index is 0.0650. The summed E-state index contributed by atoms with van der Waals surface area (Å²) in [4.78, 5) is 45.0.